The summed E-state index contributed by atoms with van der Waals surface area (Å²) in [6.45, 7) is 8.52. The van der Waals surface area contributed by atoms with Gasteiger partial charge in [-0.2, -0.15) is 0 Å². The average Bonchev–Trinajstić information content (AvgIpc) is 3.35. The molecule has 2 heterocycles. The summed E-state index contributed by atoms with van der Waals surface area (Å²) in [5.41, 5.74) is 2.59. The first-order chi connectivity index (χ1) is 13.4. The van der Waals surface area contributed by atoms with Crippen molar-refractivity contribution in [2.45, 2.75) is 46.3 Å². The Morgan fingerprint density at radius 2 is 1.75 bits per heavy atom. The maximum absolute atomic E-state index is 13.0. The van der Waals surface area contributed by atoms with Crippen molar-refractivity contribution in [1.82, 2.24) is 10.1 Å². The molecular formula is C22H27N3O3. The number of benzene rings is 1. The summed E-state index contributed by atoms with van der Waals surface area (Å²) in [7, 11) is 1.97. The van der Waals surface area contributed by atoms with Gasteiger partial charge >= 0.3 is 0 Å². The largest absolute Gasteiger partial charge is 0.459 e. The van der Waals surface area contributed by atoms with E-state index in [4.69, 9.17) is 8.94 Å². The molecule has 0 unspecified atom stereocenters. The van der Waals surface area contributed by atoms with Crippen LogP contribution in [-0.4, -0.2) is 35.1 Å². The van der Waals surface area contributed by atoms with Crippen molar-refractivity contribution < 1.29 is 13.7 Å². The SMILES string of the molecule is CC(C)N(Cc1c(-c2ccccc2)noc1N(C)C(C)C)C(=O)c1ccco1. The lowest BCUT2D eigenvalue weighted by molar-refractivity contribution is 0.0658. The number of hydrogen-bond acceptors (Lipinski definition) is 5. The number of furan rings is 1. The number of aromatic nitrogens is 1. The van der Waals surface area contributed by atoms with E-state index in [1.165, 1.54) is 6.26 Å². The van der Waals surface area contributed by atoms with E-state index in [0.29, 0.717) is 18.2 Å². The van der Waals surface area contributed by atoms with Crippen LogP contribution in [0.15, 0.2) is 57.7 Å². The van der Waals surface area contributed by atoms with Crippen molar-refractivity contribution >= 4 is 11.8 Å². The van der Waals surface area contributed by atoms with E-state index in [9.17, 15) is 4.79 Å². The Labute approximate surface area is 165 Å². The van der Waals surface area contributed by atoms with Gasteiger partial charge in [-0.1, -0.05) is 35.5 Å². The molecule has 0 aliphatic rings. The van der Waals surface area contributed by atoms with Crippen LogP contribution in [0.5, 0.6) is 0 Å². The molecule has 1 amide bonds. The van der Waals surface area contributed by atoms with Crippen LogP contribution in [0.25, 0.3) is 11.3 Å². The first-order valence-electron chi connectivity index (χ1n) is 9.51. The lowest BCUT2D eigenvalue weighted by Gasteiger charge is -2.28. The number of hydrogen-bond donors (Lipinski definition) is 0. The van der Waals surface area contributed by atoms with Crippen LogP contribution in [-0.2, 0) is 6.54 Å². The van der Waals surface area contributed by atoms with Crippen molar-refractivity contribution in [2.24, 2.45) is 0 Å². The molecule has 0 N–H and O–H groups in total. The number of anilines is 1. The Bertz CT molecular complexity index is 899. The fourth-order valence-electron chi connectivity index (χ4n) is 2.98. The highest BCUT2D eigenvalue weighted by Gasteiger charge is 2.28. The van der Waals surface area contributed by atoms with Gasteiger partial charge in [-0.15, -0.1) is 0 Å². The number of nitrogens with zero attached hydrogens (tertiary/aromatic N) is 3. The Balaban J connectivity index is 2.04. The minimum Gasteiger partial charge on any atom is -0.459 e. The van der Waals surface area contributed by atoms with Gasteiger partial charge in [0.05, 0.1) is 18.4 Å². The fourth-order valence-corrected chi connectivity index (χ4v) is 2.98. The molecule has 148 valence electrons. The van der Waals surface area contributed by atoms with Crippen LogP contribution in [0, 0.1) is 0 Å². The second-order valence-corrected chi connectivity index (χ2v) is 7.39. The summed E-state index contributed by atoms with van der Waals surface area (Å²) in [4.78, 5) is 16.8. The number of carbonyl (C=O) groups excluding carboxylic acids is 1. The van der Waals surface area contributed by atoms with Crippen LogP contribution in [0.4, 0.5) is 5.88 Å². The molecule has 0 aliphatic carbocycles. The quantitative estimate of drug-likeness (QED) is 0.586. The van der Waals surface area contributed by atoms with Crippen molar-refractivity contribution in [3.05, 3.63) is 60.1 Å². The topological polar surface area (TPSA) is 62.7 Å². The van der Waals surface area contributed by atoms with Gasteiger partial charge < -0.3 is 18.7 Å². The molecule has 0 saturated carbocycles. The Morgan fingerprint density at radius 3 is 2.32 bits per heavy atom. The summed E-state index contributed by atoms with van der Waals surface area (Å²) >= 11 is 0. The van der Waals surface area contributed by atoms with Crippen LogP contribution in [0.1, 0.15) is 43.8 Å². The molecule has 6 nitrogen and oxygen atoms in total. The third kappa shape index (κ3) is 3.96. The summed E-state index contributed by atoms with van der Waals surface area (Å²) in [6, 6.07) is 13.5. The van der Waals surface area contributed by atoms with Crippen LogP contribution < -0.4 is 4.90 Å². The van der Waals surface area contributed by atoms with Crippen molar-refractivity contribution in [3.8, 4) is 11.3 Å². The number of carbonyl (C=O) groups is 1. The second kappa shape index (κ2) is 8.33. The molecule has 0 fully saturated rings. The predicted molar refractivity (Wildman–Crippen MR) is 109 cm³/mol. The van der Waals surface area contributed by atoms with Crippen molar-refractivity contribution in [3.63, 3.8) is 0 Å². The van der Waals surface area contributed by atoms with Gasteiger partial charge in [-0.3, -0.25) is 4.79 Å². The summed E-state index contributed by atoms with van der Waals surface area (Å²) in [5, 5.41) is 4.35. The Kier molecular flexibility index (Phi) is 5.87. The van der Waals surface area contributed by atoms with Gasteiger partial charge in [0.15, 0.2) is 5.76 Å². The van der Waals surface area contributed by atoms with E-state index < -0.39 is 0 Å². The van der Waals surface area contributed by atoms with Crippen LogP contribution >= 0.6 is 0 Å². The third-order valence-corrected chi connectivity index (χ3v) is 4.85. The minimum atomic E-state index is -0.154. The van der Waals surface area contributed by atoms with Gasteiger partial charge in [-0.25, -0.2) is 0 Å². The zero-order valence-electron chi connectivity index (χ0n) is 17.0. The molecule has 0 radical (unpaired) electrons. The lowest BCUT2D eigenvalue weighted by atomic mass is 10.1. The van der Waals surface area contributed by atoms with Crippen molar-refractivity contribution in [2.75, 3.05) is 11.9 Å². The van der Waals surface area contributed by atoms with Gasteiger partial charge in [0.1, 0.15) is 5.69 Å². The zero-order chi connectivity index (χ0) is 20.3. The first-order valence-corrected chi connectivity index (χ1v) is 9.51. The smallest absolute Gasteiger partial charge is 0.290 e. The predicted octanol–water partition coefficient (Wildman–Crippen LogP) is 4.83. The molecule has 0 bridgehead atoms. The maximum Gasteiger partial charge on any atom is 0.290 e. The normalized spacial score (nSPS) is 11.2. The standard InChI is InChI=1S/C22H27N3O3/c1-15(2)24(5)22-18(20(23-28-22)17-10-7-6-8-11-17)14-25(16(3)4)21(26)19-12-9-13-27-19/h6-13,15-16H,14H2,1-5H3. The Hall–Kier alpha value is -3.02. The number of rotatable bonds is 7. The van der Waals surface area contributed by atoms with E-state index in [-0.39, 0.29) is 18.0 Å². The van der Waals surface area contributed by atoms with E-state index in [0.717, 1.165) is 16.8 Å². The second-order valence-electron chi connectivity index (χ2n) is 7.39. The highest BCUT2D eigenvalue weighted by molar-refractivity contribution is 5.91. The molecule has 3 rings (SSSR count). The molecular weight excluding hydrogens is 354 g/mol. The van der Waals surface area contributed by atoms with E-state index in [1.807, 2.05) is 56.1 Å². The van der Waals surface area contributed by atoms with Crippen LogP contribution in [0.3, 0.4) is 0 Å². The van der Waals surface area contributed by atoms with E-state index in [1.54, 1.807) is 17.0 Å². The summed E-state index contributed by atoms with van der Waals surface area (Å²) < 4.78 is 11.1. The molecule has 3 aromatic rings. The molecule has 1 aromatic carbocycles. The van der Waals surface area contributed by atoms with Crippen LogP contribution in [0.2, 0.25) is 0 Å². The molecule has 28 heavy (non-hydrogen) atoms. The molecule has 0 saturated heterocycles. The summed E-state index contributed by atoms with van der Waals surface area (Å²) in [5.74, 6) is 0.843. The van der Waals surface area contributed by atoms with Gasteiger partial charge in [0, 0.05) is 24.7 Å². The molecule has 0 atom stereocenters. The van der Waals surface area contributed by atoms with E-state index in [2.05, 4.69) is 19.0 Å². The zero-order valence-corrected chi connectivity index (χ0v) is 17.0. The molecule has 0 spiro atoms. The lowest BCUT2D eigenvalue weighted by Crippen LogP contribution is -2.37. The maximum atomic E-state index is 13.0. The summed E-state index contributed by atoms with van der Waals surface area (Å²) in [6.07, 6.45) is 1.51. The average molecular weight is 381 g/mol. The fraction of sp³-hybridized carbons (Fsp3) is 0.364. The molecule has 2 aromatic heterocycles. The highest BCUT2D eigenvalue weighted by Crippen LogP contribution is 2.33. The molecule has 6 heteroatoms. The third-order valence-electron chi connectivity index (χ3n) is 4.85. The monoisotopic (exact) mass is 381 g/mol. The van der Waals surface area contributed by atoms with E-state index >= 15 is 0 Å². The number of amides is 1. The minimum absolute atomic E-state index is 0.0201. The van der Waals surface area contributed by atoms with Gasteiger partial charge in [0.2, 0.25) is 5.88 Å². The molecule has 0 aliphatic heterocycles. The van der Waals surface area contributed by atoms with Gasteiger partial charge in [-0.05, 0) is 39.8 Å². The first kappa shape index (κ1) is 19.7. The highest BCUT2D eigenvalue weighted by atomic mass is 16.5. The van der Waals surface area contributed by atoms with Gasteiger partial charge in [0.25, 0.3) is 5.91 Å². The Morgan fingerprint density at radius 1 is 1.04 bits per heavy atom. The van der Waals surface area contributed by atoms with Crippen molar-refractivity contribution in [1.29, 1.82) is 0 Å².